The Bertz CT molecular complexity index is 690. The van der Waals surface area contributed by atoms with Gasteiger partial charge in [-0.1, -0.05) is 23.2 Å². The van der Waals surface area contributed by atoms with Gasteiger partial charge in [-0.05, 0) is 50.9 Å². The van der Waals surface area contributed by atoms with Gasteiger partial charge in [0, 0.05) is 34.9 Å². The molecule has 1 heterocycles. The first-order chi connectivity index (χ1) is 11.2. The molecule has 1 saturated heterocycles. The maximum absolute atomic E-state index is 11.8. The summed E-state index contributed by atoms with van der Waals surface area (Å²) in [6.07, 6.45) is 0.591. The highest BCUT2D eigenvalue weighted by Crippen LogP contribution is 2.24. The smallest absolute Gasteiger partial charge is 0.173 e. The molecule has 1 aromatic rings. The Morgan fingerprint density at radius 3 is 2.38 bits per heavy atom. The molecule has 24 heavy (non-hydrogen) atoms. The molecule has 0 unspecified atom stereocenters. The lowest BCUT2D eigenvalue weighted by molar-refractivity contribution is 0.289. The van der Waals surface area contributed by atoms with Crippen molar-refractivity contribution in [1.29, 1.82) is 0 Å². The van der Waals surface area contributed by atoms with Crippen LogP contribution in [0.15, 0.2) is 18.2 Å². The molecule has 0 spiro atoms. The summed E-state index contributed by atoms with van der Waals surface area (Å²) in [5.74, 6) is 0.348. The van der Waals surface area contributed by atoms with Crippen LogP contribution in [0.3, 0.4) is 0 Å². The van der Waals surface area contributed by atoms with Crippen molar-refractivity contribution in [3.05, 3.63) is 28.2 Å². The van der Waals surface area contributed by atoms with Crippen LogP contribution in [0.4, 0.5) is 5.69 Å². The molecule has 1 aliphatic heterocycles. The van der Waals surface area contributed by atoms with E-state index >= 15 is 0 Å². The lowest BCUT2D eigenvalue weighted by Crippen LogP contribution is -2.46. The summed E-state index contributed by atoms with van der Waals surface area (Å²) in [6.45, 7) is 1.42. The van der Waals surface area contributed by atoms with E-state index in [1.807, 2.05) is 23.9 Å². The number of hydrogen-bond acceptors (Lipinski definition) is 4. The second-order valence-corrected chi connectivity index (χ2v) is 9.63. The number of nitrogens with one attached hydrogen (secondary N) is 1. The molecular weight excluding hydrogens is 389 g/mol. The number of anilines is 1. The molecule has 0 radical (unpaired) electrons. The Balaban J connectivity index is 2.14. The standard InChI is InChI=1S/C15H21Cl2N3O2S2/c1-19(2)4-5-20(14-3-6-24(21,22)10-14)15(23)18-13-8-11(16)7-12(17)9-13/h7-9,14H,3-6,10H2,1-2H3,(H,18,23)/t14-/m1/s1. The van der Waals surface area contributed by atoms with Gasteiger partial charge in [0.15, 0.2) is 14.9 Å². The van der Waals surface area contributed by atoms with Crippen LogP contribution in [-0.2, 0) is 9.84 Å². The largest absolute Gasteiger partial charge is 0.344 e. The highest BCUT2D eigenvalue weighted by atomic mass is 35.5. The monoisotopic (exact) mass is 409 g/mol. The highest BCUT2D eigenvalue weighted by Gasteiger charge is 2.33. The van der Waals surface area contributed by atoms with Crippen molar-refractivity contribution >= 4 is 56.1 Å². The molecule has 134 valence electrons. The van der Waals surface area contributed by atoms with Crippen LogP contribution in [0.25, 0.3) is 0 Å². The zero-order valence-electron chi connectivity index (χ0n) is 13.6. The predicted molar refractivity (Wildman–Crippen MR) is 105 cm³/mol. The van der Waals surface area contributed by atoms with Crippen molar-refractivity contribution in [3.63, 3.8) is 0 Å². The van der Waals surface area contributed by atoms with Gasteiger partial charge in [0.25, 0.3) is 0 Å². The van der Waals surface area contributed by atoms with Crippen LogP contribution in [-0.4, -0.2) is 68.1 Å². The van der Waals surface area contributed by atoms with Crippen molar-refractivity contribution in [2.45, 2.75) is 12.5 Å². The maximum atomic E-state index is 11.8. The van der Waals surface area contributed by atoms with Crippen molar-refractivity contribution in [2.75, 3.05) is 44.0 Å². The third kappa shape index (κ3) is 5.74. The predicted octanol–water partition coefficient (Wildman–Crippen LogP) is 2.74. The van der Waals surface area contributed by atoms with E-state index < -0.39 is 9.84 Å². The van der Waals surface area contributed by atoms with Crippen LogP contribution in [0.2, 0.25) is 10.0 Å². The maximum Gasteiger partial charge on any atom is 0.173 e. The van der Waals surface area contributed by atoms with Crippen LogP contribution in [0.5, 0.6) is 0 Å². The zero-order valence-corrected chi connectivity index (χ0v) is 16.8. The molecule has 1 aromatic carbocycles. The number of hydrogen-bond donors (Lipinski definition) is 1. The SMILES string of the molecule is CN(C)CCN(C(=S)Nc1cc(Cl)cc(Cl)c1)[C@@H]1CCS(=O)(=O)C1. The molecular formula is C15H21Cl2N3O2S2. The summed E-state index contributed by atoms with van der Waals surface area (Å²) >= 11 is 17.5. The number of thiocarbonyl (C=S) groups is 1. The van der Waals surface area contributed by atoms with E-state index in [1.54, 1.807) is 18.2 Å². The third-order valence-electron chi connectivity index (χ3n) is 3.81. The van der Waals surface area contributed by atoms with Crippen molar-refractivity contribution in [2.24, 2.45) is 0 Å². The minimum atomic E-state index is -2.98. The Morgan fingerprint density at radius 1 is 1.25 bits per heavy atom. The van der Waals surface area contributed by atoms with Gasteiger partial charge in [-0.25, -0.2) is 8.42 Å². The van der Waals surface area contributed by atoms with E-state index in [9.17, 15) is 8.42 Å². The molecule has 0 amide bonds. The van der Waals surface area contributed by atoms with Crippen LogP contribution in [0.1, 0.15) is 6.42 Å². The number of rotatable bonds is 5. The minimum Gasteiger partial charge on any atom is -0.344 e. The topological polar surface area (TPSA) is 52.6 Å². The van der Waals surface area contributed by atoms with Crippen molar-refractivity contribution in [1.82, 2.24) is 9.80 Å². The average molecular weight is 410 g/mol. The minimum absolute atomic E-state index is 0.107. The van der Waals surface area contributed by atoms with E-state index in [0.717, 1.165) is 6.54 Å². The highest BCUT2D eigenvalue weighted by molar-refractivity contribution is 7.91. The molecule has 1 N–H and O–H groups in total. The van der Waals surface area contributed by atoms with Gasteiger partial charge in [-0.15, -0.1) is 0 Å². The molecule has 1 atom stereocenters. The van der Waals surface area contributed by atoms with Gasteiger partial charge in [-0.3, -0.25) is 0 Å². The molecule has 1 fully saturated rings. The fourth-order valence-corrected chi connectivity index (χ4v) is 5.22. The van der Waals surface area contributed by atoms with Crippen molar-refractivity contribution < 1.29 is 8.42 Å². The van der Waals surface area contributed by atoms with Gasteiger partial charge in [0.1, 0.15) is 0 Å². The van der Waals surface area contributed by atoms with Crippen LogP contribution >= 0.6 is 35.4 Å². The summed E-state index contributed by atoms with van der Waals surface area (Å²) in [7, 11) is 0.954. The molecule has 0 saturated carbocycles. The second-order valence-electron chi connectivity index (χ2n) is 6.14. The molecule has 1 aliphatic rings. The molecule has 0 aromatic heterocycles. The van der Waals surface area contributed by atoms with Crippen LogP contribution in [0, 0.1) is 0 Å². The Labute approximate surface area is 158 Å². The number of nitrogens with zero attached hydrogens (tertiary/aromatic N) is 2. The third-order valence-corrected chi connectivity index (χ3v) is 6.34. The van der Waals surface area contributed by atoms with E-state index in [4.69, 9.17) is 35.4 Å². The molecule has 5 nitrogen and oxygen atoms in total. The lowest BCUT2D eigenvalue weighted by Gasteiger charge is -2.32. The second kappa shape index (κ2) is 8.19. The molecule has 2 rings (SSSR count). The summed E-state index contributed by atoms with van der Waals surface area (Å²) in [5, 5.41) is 4.63. The first-order valence-electron chi connectivity index (χ1n) is 7.55. The first kappa shape index (κ1) is 19.7. The summed E-state index contributed by atoms with van der Waals surface area (Å²) in [4.78, 5) is 3.99. The number of sulfone groups is 1. The fourth-order valence-electron chi connectivity index (χ4n) is 2.60. The van der Waals surface area contributed by atoms with Gasteiger partial charge >= 0.3 is 0 Å². The van der Waals surface area contributed by atoms with Gasteiger partial charge in [0.2, 0.25) is 0 Å². The first-order valence-corrected chi connectivity index (χ1v) is 10.5. The van der Waals surface area contributed by atoms with Gasteiger partial charge in [-0.2, -0.15) is 0 Å². The molecule has 0 aliphatic carbocycles. The van der Waals surface area contributed by atoms with E-state index in [0.29, 0.717) is 33.8 Å². The average Bonchev–Trinajstić information content (AvgIpc) is 2.77. The summed E-state index contributed by atoms with van der Waals surface area (Å²) < 4.78 is 23.6. The number of halogens is 2. The van der Waals surface area contributed by atoms with E-state index in [2.05, 4.69) is 5.32 Å². The molecule has 0 bridgehead atoms. The zero-order chi connectivity index (χ0) is 17.9. The Hall–Kier alpha value is -0.600. The summed E-state index contributed by atoms with van der Waals surface area (Å²) in [6, 6.07) is 5.00. The summed E-state index contributed by atoms with van der Waals surface area (Å²) in [5.41, 5.74) is 0.688. The van der Waals surface area contributed by atoms with Gasteiger partial charge < -0.3 is 15.1 Å². The molecule has 9 heteroatoms. The Kier molecular flexibility index (Phi) is 6.73. The number of benzene rings is 1. The van der Waals surface area contributed by atoms with Crippen molar-refractivity contribution in [3.8, 4) is 0 Å². The van der Waals surface area contributed by atoms with E-state index in [-0.39, 0.29) is 17.5 Å². The fraction of sp³-hybridized carbons (Fsp3) is 0.533. The Morgan fingerprint density at radius 2 is 1.88 bits per heavy atom. The van der Waals surface area contributed by atoms with Gasteiger partial charge in [0.05, 0.1) is 11.5 Å². The quantitative estimate of drug-likeness (QED) is 0.754. The van der Waals surface area contributed by atoms with Crippen LogP contribution < -0.4 is 5.32 Å². The number of likely N-dealkylation sites (N-methyl/N-ethyl adjacent to an activating group) is 1. The lowest BCUT2D eigenvalue weighted by atomic mass is 10.2. The normalized spacial score (nSPS) is 19.5. The van der Waals surface area contributed by atoms with E-state index in [1.165, 1.54) is 0 Å².